The Morgan fingerprint density at radius 3 is 1.40 bits per heavy atom. The third-order valence-corrected chi connectivity index (χ3v) is 8.39. The third kappa shape index (κ3) is 6.76. The first-order chi connectivity index (χ1) is 21.6. The summed E-state index contributed by atoms with van der Waals surface area (Å²) in [4.78, 5) is 7.21. The highest BCUT2D eigenvalue weighted by molar-refractivity contribution is 5.83. The zero-order valence-corrected chi connectivity index (χ0v) is 27.3. The van der Waals surface area contributed by atoms with Gasteiger partial charge in [-0.15, -0.1) is 0 Å². The van der Waals surface area contributed by atoms with Crippen LogP contribution in [0.3, 0.4) is 0 Å². The van der Waals surface area contributed by atoms with Crippen LogP contribution in [-0.2, 0) is 10.8 Å². The smallest absolute Gasteiger partial charge is 0.0708 e. The van der Waals surface area contributed by atoms with Crippen molar-refractivity contribution in [3.05, 3.63) is 157 Å². The standard InChI is InChI=1S/C43H42N2/c1-42(2,3)36-28-37(43(4,5)6)30-40(29-36)45(38-21-13-19-33(25-38)31-15-9-7-10-16-31)39-22-14-20-35(26-39)41-27-34(23-24-44-41)32-17-11-8-12-18-32/h7-30H,1-6H3. The molecule has 0 aliphatic carbocycles. The Bertz CT molecular complexity index is 1880. The summed E-state index contributed by atoms with van der Waals surface area (Å²) in [6, 6.07) is 50.2. The van der Waals surface area contributed by atoms with Gasteiger partial charge >= 0.3 is 0 Å². The minimum absolute atomic E-state index is 0.00277. The Kier molecular flexibility index (Phi) is 8.16. The number of hydrogen-bond donors (Lipinski definition) is 0. The highest BCUT2D eigenvalue weighted by Gasteiger charge is 2.24. The van der Waals surface area contributed by atoms with Crippen molar-refractivity contribution in [2.75, 3.05) is 4.90 Å². The molecule has 2 heteroatoms. The minimum atomic E-state index is -0.00277. The van der Waals surface area contributed by atoms with E-state index < -0.39 is 0 Å². The molecule has 45 heavy (non-hydrogen) atoms. The summed E-state index contributed by atoms with van der Waals surface area (Å²) in [6.45, 7) is 13.8. The maximum atomic E-state index is 4.81. The second-order valence-electron chi connectivity index (χ2n) is 13.9. The van der Waals surface area contributed by atoms with Gasteiger partial charge in [-0.05, 0) is 92.7 Å². The molecule has 2 nitrogen and oxygen atoms in total. The number of aromatic nitrogens is 1. The Morgan fingerprint density at radius 2 is 0.867 bits per heavy atom. The largest absolute Gasteiger partial charge is 0.310 e. The maximum Gasteiger partial charge on any atom is 0.0708 e. The van der Waals surface area contributed by atoms with Crippen LogP contribution in [0.1, 0.15) is 52.7 Å². The van der Waals surface area contributed by atoms with Crippen LogP contribution in [0.2, 0.25) is 0 Å². The van der Waals surface area contributed by atoms with Crippen molar-refractivity contribution in [1.82, 2.24) is 4.98 Å². The van der Waals surface area contributed by atoms with Crippen molar-refractivity contribution in [2.24, 2.45) is 0 Å². The van der Waals surface area contributed by atoms with Gasteiger partial charge in [-0.25, -0.2) is 0 Å². The molecule has 0 N–H and O–H groups in total. The quantitative estimate of drug-likeness (QED) is 0.193. The van der Waals surface area contributed by atoms with E-state index in [-0.39, 0.29) is 10.8 Å². The lowest BCUT2D eigenvalue weighted by Gasteiger charge is -2.31. The molecule has 0 unspecified atom stereocenters. The fourth-order valence-corrected chi connectivity index (χ4v) is 5.71. The summed E-state index contributed by atoms with van der Waals surface area (Å²) in [6.07, 6.45) is 1.91. The predicted octanol–water partition coefficient (Wildman–Crippen LogP) is 12.1. The summed E-state index contributed by atoms with van der Waals surface area (Å²) in [5.74, 6) is 0. The molecule has 0 bridgehead atoms. The van der Waals surface area contributed by atoms with Crippen LogP contribution in [-0.4, -0.2) is 4.98 Å². The summed E-state index contributed by atoms with van der Waals surface area (Å²) >= 11 is 0. The lowest BCUT2D eigenvalue weighted by molar-refractivity contribution is 0.569. The molecule has 0 saturated carbocycles. The van der Waals surface area contributed by atoms with E-state index in [4.69, 9.17) is 4.98 Å². The second-order valence-corrected chi connectivity index (χ2v) is 13.9. The zero-order valence-electron chi connectivity index (χ0n) is 27.3. The summed E-state index contributed by atoms with van der Waals surface area (Å²) in [7, 11) is 0. The van der Waals surface area contributed by atoms with Gasteiger partial charge in [-0.1, -0.05) is 133 Å². The molecular weight excluding hydrogens is 544 g/mol. The molecule has 0 aliphatic rings. The van der Waals surface area contributed by atoms with E-state index in [0.29, 0.717) is 0 Å². The van der Waals surface area contributed by atoms with Gasteiger partial charge in [0.2, 0.25) is 0 Å². The lowest BCUT2D eigenvalue weighted by atomic mass is 9.80. The van der Waals surface area contributed by atoms with Crippen LogP contribution in [0.25, 0.3) is 33.5 Å². The maximum absolute atomic E-state index is 4.81. The molecule has 6 rings (SSSR count). The summed E-state index contributed by atoms with van der Waals surface area (Å²) in [5, 5.41) is 0. The van der Waals surface area contributed by atoms with Gasteiger partial charge in [0.15, 0.2) is 0 Å². The molecule has 6 aromatic rings. The van der Waals surface area contributed by atoms with Crippen molar-refractivity contribution < 1.29 is 0 Å². The first-order valence-corrected chi connectivity index (χ1v) is 15.8. The van der Waals surface area contributed by atoms with Gasteiger partial charge in [0.25, 0.3) is 0 Å². The molecule has 224 valence electrons. The second kappa shape index (κ2) is 12.2. The Morgan fingerprint density at radius 1 is 0.400 bits per heavy atom. The minimum Gasteiger partial charge on any atom is -0.310 e. The van der Waals surface area contributed by atoms with Gasteiger partial charge in [-0.3, -0.25) is 4.98 Å². The first kappa shape index (κ1) is 30.1. The van der Waals surface area contributed by atoms with Gasteiger partial charge in [0, 0.05) is 28.8 Å². The monoisotopic (exact) mass is 586 g/mol. The van der Waals surface area contributed by atoms with E-state index in [1.54, 1.807) is 0 Å². The molecule has 1 heterocycles. The van der Waals surface area contributed by atoms with Crippen LogP contribution in [0.4, 0.5) is 17.1 Å². The van der Waals surface area contributed by atoms with Crippen molar-refractivity contribution in [3.63, 3.8) is 0 Å². The summed E-state index contributed by atoms with van der Waals surface area (Å²) < 4.78 is 0. The number of anilines is 3. The fourth-order valence-electron chi connectivity index (χ4n) is 5.71. The molecule has 0 amide bonds. The van der Waals surface area contributed by atoms with Crippen molar-refractivity contribution in [3.8, 4) is 33.5 Å². The number of nitrogens with zero attached hydrogens (tertiary/aromatic N) is 2. The Hall–Kier alpha value is -4.95. The van der Waals surface area contributed by atoms with Crippen LogP contribution in [0, 0.1) is 0 Å². The Balaban J connectivity index is 1.54. The average molecular weight is 587 g/mol. The van der Waals surface area contributed by atoms with Crippen LogP contribution in [0.15, 0.2) is 146 Å². The molecule has 0 aliphatic heterocycles. The molecule has 5 aromatic carbocycles. The molecular formula is C43H42N2. The normalized spacial score (nSPS) is 11.8. The number of pyridine rings is 1. The molecule has 0 atom stereocenters. The SMILES string of the molecule is CC(C)(C)c1cc(N(c2cccc(-c3ccccc3)c2)c2cccc(-c3cc(-c4ccccc4)ccn3)c2)cc(C(C)(C)C)c1. The molecule has 0 saturated heterocycles. The summed E-state index contributed by atoms with van der Waals surface area (Å²) in [5.41, 5.74) is 12.8. The molecule has 0 spiro atoms. The number of rotatable bonds is 6. The number of benzene rings is 5. The van der Waals surface area contributed by atoms with E-state index in [0.717, 1.165) is 33.9 Å². The van der Waals surface area contributed by atoms with Gasteiger partial charge in [0.1, 0.15) is 0 Å². The van der Waals surface area contributed by atoms with Gasteiger partial charge in [-0.2, -0.15) is 0 Å². The highest BCUT2D eigenvalue weighted by atomic mass is 15.1. The van der Waals surface area contributed by atoms with Gasteiger partial charge < -0.3 is 4.90 Å². The van der Waals surface area contributed by atoms with Crippen LogP contribution in [0.5, 0.6) is 0 Å². The molecule has 1 aromatic heterocycles. The third-order valence-electron chi connectivity index (χ3n) is 8.39. The van der Waals surface area contributed by atoms with E-state index in [1.165, 1.54) is 27.8 Å². The first-order valence-electron chi connectivity index (χ1n) is 15.8. The number of hydrogen-bond acceptors (Lipinski definition) is 2. The van der Waals surface area contributed by atoms with E-state index in [2.05, 4.69) is 186 Å². The topological polar surface area (TPSA) is 16.1 Å². The van der Waals surface area contributed by atoms with E-state index in [9.17, 15) is 0 Å². The highest BCUT2D eigenvalue weighted by Crippen LogP contribution is 2.42. The van der Waals surface area contributed by atoms with Crippen molar-refractivity contribution in [1.29, 1.82) is 0 Å². The Labute approximate surface area is 269 Å². The zero-order chi connectivity index (χ0) is 31.6. The predicted molar refractivity (Wildman–Crippen MR) is 193 cm³/mol. The average Bonchev–Trinajstić information content (AvgIpc) is 3.05. The van der Waals surface area contributed by atoms with E-state index in [1.807, 2.05) is 6.20 Å². The molecule has 0 radical (unpaired) electrons. The van der Waals surface area contributed by atoms with Gasteiger partial charge in [0.05, 0.1) is 5.69 Å². The fraction of sp³-hybridized carbons (Fsp3) is 0.186. The van der Waals surface area contributed by atoms with Crippen molar-refractivity contribution >= 4 is 17.1 Å². The lowest BCUT2D eigenvalue weighted by Crippen LogP contribution is -2.19. The molecule has 0 fully saturated rings. The van der Waals surface area contributed by atoms with Crippen LogP contribution < -0.4 is 4.90 Å². The van der Waals surface area contributed by atoms with Crippen molar-refractivity contribution in [2.45, 2.75) is 52.4 Å². The van der Waals surface area contributed by atoms with Crippen LogP contribution >= 0.6 is 0 Å². The van der Waals surface area contributed by atoms with E-state index >= 15 is 0 Å².